The summed E-state index contributed by atoms with van der Waals surface area (Å²) in [5.41, 5.74) is 5.18. The van der Waals surface area contributed by atoms with E-state index in [-0.39, 0.29) is 6.04 Å². The molecule has 1 N–H and O–H groups in total. The molecule has 0 radical (unpaired) electrons. The normalized spacial score (nSPS) is 12.4. The number of hydrogen-bond donors (Lipinski definition) is 1. The average molecular weight is 339 g/mol. The molecule has 0 aromatic carbocycles. The van der Waals surface area contributed by atoms with Gasteiger partial charge in [0.05, 0.1) is 23.6 Å². The molecule has 132 valence electrons. The lowest BCUT2D eigenvalue weighted by molar-refractivity contribution is 0.598. The molecule has 3 heterocycles. The molecule has 3 rings (SSSR count). The number of aromatic nitrogens is 6. The molecule has 3 aromatic rings. The van der Waals surface area contributed by atoms with Crippen LogP contribution in [0.1, 0.15) is 43.3 Å². The van der Waals surface area contributed by atoms with E-state index in [0.717, 1.165) is 41.2 Å². The predicted octanol–water partition coefficient (Wildman–Crippen LogP) is 3.27. The van der Waals surface area contributed by atoms with E-state index in [4.69, 9.17) is 0 Å². The van der Waals surface area contributed by atoms with Crippen molar-refractivity contribution in [1.82, 2.24) is 29.5 Å². The van der Waals surface area contributed by atoms with E-state index in [1.165, 1.54) is 0 Å². The van der Waals surface area contributed by atoms with Crippen molar-refractivity contribution in [2.24, 2.45) is 7.05 Å². The van der Waals surface area contributed by atoms with Crippen LogP contribution in [0.2, 0.25) is 0 Å². The standard InChI is InChI=1S/C18H25N7/c1-6-9-25-11-16(13(3)23-25)17-7-8-19-18(22-17)21-12(2)15-10-20-24(5)14(15)4/h7-8,10-12H,6,9H2,1-5H3,(H,19,21,22)/t12-/m0/s1. The number of nitrogens with one attached hydrogen (secondary N) is 1. The SMILES string of the molecule is CCCn1cc(-c2ccnc(N[C@@H](C)c3cnn(C)c3C)n2)c(C)n1. The molecule has 0 aliphatic carbocycles. The highest BCUT2D eigenvalue weighted by atomic mass is 15.3. The van der Waals surface area contributed by atoms with Gasteiger partial charge in [-0.25, -0.2) is 9.97 Å². The second-order valence-corrected chi connectivity index (χ2v) is 6.33. The van der Waals surface area contributed by atoms with Gasteiger partial charge < -0.3 is 5.32 Å². The summed E-state index contributed by atoms with van der Waals surface area (Å²) in [6.07, 6.45) is 6.78. The third kappa shape index (κ3) is 3.55. The van der Waals surface area contributed by atoms with Gasteiger partial charge in [-0.2, -0.15) is 10.2 Å². The largest absolute Gasteiger partial charge is 0.348 e. The van der Waals surface area contributed by atoms with Gasteiger partial charge in [-0.15, -0.1) is 0 Å². The van der Waals surface area contributed by atoms with Gasteiger partial charge in [0.1, 0.15) is 0 Å². The molecule has 0 fully saturated rings. The maximum absolute atomic E-state index is 4.68. The second-order valence-electron chi connectivity index (χ2n) is 6.33. The van der Waals surface area contributed by atoms with Crippen LogP contribution in [-0.2, 0) is 13.6 Å². The van der Waals surface area contributed by atoms with E-state index < -0.39 is 0 Å². The molecular weight excluding hydrogens is 314 g/mol. The van der Waals surface area contributed by atoms with Gasteiger partial charge >= 0.3 is 0 Å². The summed E-state index contributed by atoms with van der Waals surface area (Å²) in [6.45, 7) is 9.21. The molecule has 0 spiro atoms. The Hall–Kier alpha value is -2.70. The van der Waals surface area contributed by atoms with Crippen LogP contribution in [0.4, 0.5) is 5.95 Å². The van der Waals surface area contributed by atoms with Crippen molar-refractivity contribution in [2.45, 2.75) is 46.7 Å². The molecule has 0 saturated carbocycles. The fourth-order valence-corrected chi connectivity index (χ4v) is 2.90. The fraction of sp³-hybridized carbons (Fsp3) is 0.444. The number of aryl methyl sites for hydroxylation is 3. The summed E-state index contributed by atoms with van der Waals surface area (Å²) >= 11 is 0. The first-order chi connectivity index (χ1) is 12.0. The Balaban J connectivity index is 1.83. The first-order valence-electron chi connectivity index (χ1n) is 8.62. The molecule has 0 amide bonds. The third-order valence-electron chi connectivity index (χ3n) is 4.42. The Morgan fingerprint density at radius 1 is 1.28 bits per heavy atom. The van der Waals surface area contributed by atoms with Crippen LogP contribution in [-0.4, -0.2) is 29.5 Å². The molecule has 0 aliphatic rings. The lowest BCUT2D eigenvalue weighted by Gasteiger charge is -2.14. The monoisotopic (exact) mass is 339 g/mol. The second kappa shape index (κ2) is 7.04. The topological polar surface area (TPSA) is 73.5 Å². The highest BCUT2D eigenvalue weighted by Gasteiger charge is 2.14. The quantitative estimate of drug-likeness (QED) is 0.746. The summed E-state index contributed by atoms with van der Waals surface area (Å²) < 4.78 is 3.85. The molecule has 0 aliphatic heterocycles. The zero-order valence-corrected chi connectivity index (χ0v) is 15.5. The minimum Gasteiger partial charge on any atom is -0.348 e. The van der Waals surface area contributed by atoms with Crippen molar-refractivity contribution in [2.75, 3.05) is 5.32 Å². The Morgan fingerprint density at radius 3 is 2.76 bits per heavy atom. The van der Waals surface area contributed by atoms with Crippen LogP contribution in [0.25, 0.3) is 11.3 Å². The summed E-state index contributed by atoms with van der Waals surface area (Å²) in [7, 11) is 1.94. The minimum absolute atomic E-state index is 0.0767. The van der Waals surface area contributed by atoms with Crippen molar-refractivity contribution in [3.63, 3.8) is 0 Å². The van der Waals surface area contributed by atoms with E-state index in [9.17, 15) is 0 Å². The Kier molecular flexibility index (Phi) is 4.83. The molecule has 0 unspecified atom stereocenters. The molecule has 7 heteroatoms. The summed E-state index contributed by atoms with van der Waals surface area (Å²) in [6, 6.07) is 2.00. The van der Waals surface area contributed by atoms with Gasteiger partial charge in [0.2, 0.25) is 5.95 Å². The fourth-order valence-electron chi connectivity index (χ4n) is 2.90. The third-order valence-corrected chi connectivity index (χ3v) is 4.42. The van der Waals surface area contributed by atoms with Crippen LogP contribution in [0.5, 0.6) is 0 Å². The van der Waals surface area contributed by atoms with Gasteiger partial charge in [0.25, 0.3) is 0 Å². The molecule has 0 bridgehead atoms. The van der Waals surface area contributed by atoms with Crippen molar-refractivity contribution in [3.05, 3.63) is 41.6 Å². The number of nitrogens with zero attached hydrogens (tertiary/aromatic N) is 6. The van der Waals surface area contributed by atoms with E-state index >= 15 is 0 Å². The van der Waals surface area contributed by atoms with Crippen LogP contribution in [0.15, 0.2) is 24.7 Å². The zero-order chi connectivity index (χ0) is 18.0. The zero-order valence-electron chi connectivity index (χ0n) is 15.5. The Bertz CT molecular complexity index is 862. The number of hydrogen-bond acceptors (Lipinski definition) is 5. The van der Waals surface area contributed by atoms with E-state index in [1.807, 2.05) is 35.6 Å². The van der Waals surface area contributed by atoms with E-state index in [1.54, 1.807) is 6.20 Å². The van der Waals surface area contributed by atoms with E-state index in [0.29, 0.717) is 5.95 Å². The first-order valence-corrected chi connectivity index (χ1v) is 8.62. The Morgan fingerprint density at radius 2 is 2.08 bits per heavy atom. The van der Waals surface area contributed by atoms with Crippen LogP contribution in [0.3, 0.4) is 0 Å². The highest BCUT2D eigenvalue weighted by Crippen LogP contribution is 2.23. The van der Waals surface area contributed by atoms with Crippen LogP contribution in [0, 0.1) is 13.8 Å². The van der Waals surface area contributed by atoms with Gasteiger partial charge in [0, 0.05) is 42.8 Å². The smallest absolute Gasteiger partial charge is 0.223 e. The first kappa shape index (κ1) is 17.1. The van der Waals surface area contributed by atoms with Crippen molar-refractivity contribution >= 4 is 5.95 Å². The summed E-state index contributed by atoms with van der Waals surface area (Å²) in [5, 5.41) is 12.2. The summed E-state index contributed by atoms with van der Waals surface area (Å²) in [4.78, 5) is 9.04. The van der Waals surface area contributed by atoms with E-state index in [2.05, 4.69) is 52.5 Å². The number of anilines is 1. The van der Waals surface area contributed by atoms with Gasteiger partial charge in [-0.1, -0.05) is 6.92 Å². The molecule has 0 saturated heterocycles. The Labute approximate surface area is 148 Å². The van der Waals surface area contributed by atoms with Crippen molar-refractivity contribution in [1.29, 1.82) is 0 Å². The average Bonchev–Trinajstić information content (AvgIpc) is 3.11. The predicted molar refractivity (Wildman–Crippen MR) is 98.3 cm³/mol. The molecule has 3 aromatic heterocycles. The maximum Gasteiger partial charge on any atom is 0.223 e. The molecule has 1 atom stereocenters. The molecular formula is C18H25N7. The minimum atomic E-state index is 0.0767. The van der Waals surface area contributed by atoms with Crippen LogP contribution >= 0.6 is 0 Å². The van der Waals surface area contributed by atoms with Gasteiger partial charge in [0.15, 0.2) is 0 Å². The van der Waals surface area contributed by atoms with Crippen molar-refractivity contribution < 1.29 is 0 Å². The lowest BCUT2D eigenvalue weighted by Crippen LogP contribution is -2.10. The highest BCUT2D eigenvalue weighted by molar-refractivity contribution is 5.61. The van der Waals surface area contributed by atoms with Crippen LogP contribution < -0.4 is 5.32 Å². The molecule has 25 heavy (non-hydrogen) atoms. The molecule has 7 nitrogen and oxygen atoms in total. The van der Waals surface area contributed by atoms with Crippen molar-refractivity contribution in [3.8, 4) is 11.3 Å². The number of rotatable bonds is 6. The summed E-state index contributed by atoms with van der Waals surface area (Å²) in [5.74, 6) is 0.607. The maximum atomic E-state index is 4.68. The van der Waals surface area contributed by atoms with Gasteiger partial charge in [-0.05, 0) is 33.3 Å². The van der Waals surface area contributed by atoms with Gasteiger partial charge in [-0.3, -0.25) is 9.36 Å². The lowest BCUT2D eigenvalue weighted by atomic mass is 10.1.